The van der Waals surface area contributed by atoms with Crippen LogP contribution in [0.2, 0.25) is 0 Å². The molecular weight excluding hydrogens is 224 g/mol. The number of carbonyl (C=O) groups is 1. The molecule has 3 heteroatoms. The van der Waals surface area contributed by atoms with Crippen LogP contribution < -0.4 is 10.6 Å². The number of carbonyl (C=O) groups excluding carboxylic acids is 1. The van der Waals surface area contributed by atoms with Crippen LogP contribution in [0.25, 0.3) is 0 Å². The lowest BCUT2D eigenvalue weighted by atomic mass is 9.82. The molecule has 18 heavy (non-hydrogen) atoms. The van der Waals surface area contributed by atoms with Crippen LogP contribution in [0.1, 0.15) is 30.9 Å². The minimum atomic E-state index is 0.220. The minimum Gasteiger partial charge on any atom is -0.349 e. The summed E-state index contributed by atoms with van der Waals surface area (Å²) in [6, 6.07) is 10.5. The zero-order valence-electron chi connectivity index (χ0n) is 10.6. The van der Waals surface area contributed by atoms with E-state index in [2.05, 4.69) is 22.8 Å². The highest BCUT2D eigenvalue weighted by atomic mass is 16.2. The summed E-state index contributed by atoms with van der Waals surface area (Å²) in [6.45, 7) is 2.12. The van der Waals surface area contributed by atoms with E-state index in [0.717, 1.165) is 32.4 Å². The Labute approximate surface area is 108 Å². The highest BCUT2D eigenvalue weighted by Gasteiger charge is 2.38. The molecular formula is C15H20N2O. The first-order chi connectivity index (χ1) is 8.84. The van der Waals surface area contributed by atoms with Gasteiger partial charge in [0.05, 0.1) is 6.04 Å². The maximum atomic E-state index is 12.1. The van der Waals surface area contributed by atoms with Gasteiger partial charge in [0, 0.05) is 5.92 Å². The molecule has 0 spiro atoms. The van der Waals surface area contributed by atoms with Gasteiger partial charge in [-0.3, -0.25) is 4.79 Å². The van der Waals surface area contributed by atoms with Crippen LogP contribution in [0.15, 0.2) is 30.3 Å². The maximum Gasteiger partial charge on any atom is 0.223 e. The van der Waals surface area contributed by atoms with Gasteiger partial charge in [0.15, 0.2) is 0 Å². The number of rotatable bonds is 2. The predicted octanol–water partition coefficient (Wildman–Crippen LogP) is 1.86. The number of benzene rings is 1. The standard InChI is InChI=1S/C15H20N2O/c18-15-13(11-6-8-16-9-7-11)10-14(17-15)12-4-2-1-3-5-12/h1-5,11,13-14,16H,6-10H2,(H,17,18)/t13?,14-/m0/s1. The molecule has 2 N–H and O–H groups in total. The van der Waals surface area contributed by atoms with Crippen molar-refractivity contribution in [3.8, 4) is 0 Å². The molecule has 96 valence electrons. The summed E-state index contributed by atoms with van der Waals surface area (Å²) in [6.07, 6.45) is 3.24. The molecule has 2 heterocycles. The van der Waals surface area contributed by atoms with Crippen molar-refractivity contribution in [1.82, 2.24) is 10.6 Å². The van der Waals surface area contributed by atoms with Crippen molar-refractivity contribution >= 4 is 5.91 Å². The fraction of sp³-hybridized carbons (Fsp3) is 0.533. The van der Waals surface area contributed by atoms with Crippen LogP contribution in [0.3, 0.4) is 0 Å². The van der Waals surface area contributed by atoms with E-state index in [1.54, 1.807) is 0 Å². The van der Waals surface area contributed by atoms with Crippen LogP contribution in [0.4, 0.5) is 0 Å². The Morgan fingerprint density at radius 1 is 1.06 bits per heavy atom. The van der Waals surface area contributed by atoms with Crippen molar-refractivity contribution in [1.29, 1.82) is 0 Å². The molecule has 2 saturated heterocycles. The molecule has 2 fully saturated rings. The van der Waals surface area contributed by atoms with Gasteiger partial charge in [-0.05, 0) is 43.8 Å². The van der Waals surface area contributed by atoms with E-state index < -0.39 is 0 Å². The van der Waals surface area contributed by atoms with E-state index >= 15 is 0 Å². The molecule has 1 unspecified atom stereocenters. The van der Waals surface area contributed by atoms with Gasteiger partial charge < -0.3 is 10.6 Å². The molecule has 2 atom stereocenters. The van der Waals surface area contributed by atoms with E-state index in [0.29, 0.717) is 5.92 Å². The second-order valence-electron chi connectivity index (χ2n) is 5.40. The number of nitrogens with one attached hydrogen (secondary N) is 2. The molecule has 1 aromatic carbocycles. The fourth-order valence-corrected chi connectivity index (χ4v) is 3.26. The molecule has 1 aromatic rings. The SMILES string of the molecule is O=C1N[C@H](c2ccccc2)CC1C1CCNCC1. The molecule has 2 aliphatic rings. The Hall–Kier alpha value is -1.35. The van der Waals surface area contributed by atoms with E-state index in [9.17, 15) is 4.79 Å². The molecule has 3 nitrogen and oxygen atoms in total. The summed E-state index contributed by atoms with van der Waals surface area (Å²) in [4.78, 5) is 12.1. The fourth-order valence-electron chi connectivity index (χ4n) is 3.26. The Bertz CT molecular complexity index is 412. The van der Waals surface area contributed by atoms with Crippen LogP contribution in [-0.4, -0.2) is 19.0 Å². The van der Waals surface area contributed by atoms with Crippen molar-refractivity contribution in [2.75, 3.05) is 13.1 Å². The third-order valence-electron chi connectivity index (χ3n) is 4.30. The van der Waals surface area contributed by atoms with E-state index in [4.69, 9.17) is 0 Å². The van der Waals surface area contributed by atoms with Crippen LogP contribution in [0.5, 0.6) is 0 Å². The lowest BCUT2D eigenvalue weighted by Gasteiger charge is -2.26. The van der Waals surface area contributed by atoms with Crippen LogP contribution in [0, 0.1) is 11.8 Å². The molecule has 0 aliphatic carbocycles. The van der Waals surface area contributed by atoms with Gasteiger partial charge in [-0.1, -0.05) is 30.3 Å². The van der Waals surface area contributed by atoms with Crippen LogP contribution >= 0.6 is 0 Å². The highest BCUT2D eigenvalue weighted by molar-refractivity contribution is 5.81. The van der Waals surface area contributed by atoms with E-state index in [-0.39, 0.29) is 17.9 Å². The number of piperidine rings is 1. The normalized spacial score (nSPS) is 29.2. The first-order valence-corrected chi connectivity index (χ1v) is 6.90. The monoisotopic (exact) mass is 244 g/mol. The topological polar surface area (TPSA) is 41.1 Å². The highest BCUT2D eigenvalue weighted by Crippen LogP contribution is 2.35. The molecule has 0 aromatic heterocycles. The smallest absolute Gasteiger partial charge is 0.223 e. The predicted molar refractivity (Wildman–Crippen MR) is 71.0 cm³/mol. The Kier molecular flexibility index (Phi) is 3.33. The van der Waals surface area contributed by atoms with Gasteiger partial charge in [0.2, 0.25) is 5.91 Å². The summed E-state index contributed by atoms with van der Waals surface area (Å²) < 4.78 is 0. The third-order valence-corrected chi connectivity index (χ3v) is 4.30. The van der Waals surface area contributed by atoms with Gasteiger partial charge in [0.1, 0.15) is 0 Å². The third kappa shape index (κ3) is 2.27. The first-order valence-electron chi connectivity index (χ1n) is 6.90. The van der Waals surface area contributed by atoms with Crippen molar-refractivity contribution < 1.29 is 4.79 Å². The number of hydrogen-bond donors (Lipinski definition) is 2. The molecule has 3 rings (SSSR count). The summed E-state index contributed by atoms with van der Waals surface area (Å²) >= 11 is 0. The summed E-state index contributed by atoms with van der Waals surface area (Å²) in [5, 5.41) is 6.52. The maximum absolute atomic E-state index is 12.1. The van der Waals surface area contributed by atoms with Gasteiger partial charge in [-0.15, -0.1) is 0 Å². The molecule has 1 amide bonds. The summed E-state index contributed by atoms with van der Waals surface area (Å²) in [5.41, 5.74) is 1.24. The van der Waals surface area contributed by atoms with E-state index in [1.807, 2.05) is 18.2 Å². The average Bonchev–Trinajstić information content (AvgIpc) is 2.83. The summed E-state index contributed by atoms with van der Waals surface area (Å²) in [5.74, 6) is 1.05. The van der Waals surface area contributed by atoms with E-state index in [1.165, 1.54) is 5.56 Å². The number of hydrogen-bond acceptors (Lipinski definition) is 2. The largest absolute Gasteiger partial charge is 0.349 e. The average molecular weight is 244 g/mol. The van der Waals surface area contributed by atoms with Gasteiger partial charge in [-0.25, -0.2) is 0 Å². The van der Waals surface area contributed by atoms with Crippen molar-refractivity contribution in [2.24, 2.45) is 11.8 Å². The number of amides is 1. The summed E-state index contributed by atoms with van der Waals surface area (Å²) in [7, 11) is 0. The molecule has 0 saturated carbocycles. The quantitative estimate of drug-likeness (QED) is 0.834. The van der Waals surface area contributed by atoms with Gasteiger partial charge in [0.25, 0.3) is 0 Å². The van der Waals surface area contributed by atoms with Gasteiger partial charge in [-0.2, -0.15) is 0 Å². The molecule has 0 bridgehead atoms. The lowest BCUT2D eigenvalue weighted by molar-refractivity contribution is -0.124. The first kappa shape index (κ1) is 11.7. The Balaban J connectivity index is 1.70. The second kappa shape index (κ2) is 5.11. The molecule has 0 radical (unpaired) electrons. The minimum absolute atomic E-state index is 0.220. The van der Waals surface area contributed by atoms with Gasteiger partial charge >= 0.3 is 0 Å². The van der Waals surface area contributed by atoms with Crippen LogP contribution in [-0.2, 0) is 4.79 Å². The Morgan fingerprint density at radius 2 is 1.78 bits per heavy atom. The second-order valence-corrected chi connectivity index (χ2v) is 5.40. The molecule has 2 aliphatic heterocycles. The van der Waals surface area contributed by atoms with Crippen molar-refractivity contribution in [3.05, 3.63) is 35.9 Å². The van der Waals surface area contributed by atoms with Crippen molar-refractivity contribution in [3.63, 3.8) is 0 Å². The lowest BCUT2D eigenvalue weighted by Crippen LogP contribution is -2.34. The Morgan fingerprint density at radius 3 is 2.50 bits per heavy atom. The zero-order valence-corrected chi connectivity index (χ0v) is 10.6. The van der Waals surface area contributed by atoms with Crippen molar-refractivity contribution in [2.45, 2.75) is 25.3 Å². The zero-order chi connectivity index (χ0) is 12.4.